The van der Waals surface area contributed by atoms with Gasteiger partial charge in [-0.05, 0) is 43.2 Å². The van der Waals surface area contributed by atoms with E-state index in [-0.39, 0.29) is 17.8 Å². The number of nitrogens with zero attached hydrogens (tertiary/aromatic N) is 1. The molecule has 1 aromatic carbocycles. The van der Waals surface area contributed by atoms with E-state index in [1.165, 1.54) is 12.1 Å². The first kappa shape index (κ1) is 15.2. The lowest BCUT2D eigenvalue weighted by atomic mass is 9.93. The highest BCUT2D eigenvalue weighted by Gasteiger charge is 2.24. The quantitative estimate of drug-likeness (QED) is 0.916. The standard InChI is InChI=1S/C17H19FN2O/c1-3-12(2)20-17(21)16(15-6-4-5-11-19-15)13-7-9-14(18)10-8-13/h4-12,16H,3H2,1-2H3,(H,20,21). The molecule has 2 rings (SSSR count). The molecule has 2 aromatic rings. The van der Waals surface area contributed by atoms with Crippen molar-refractivity contribution in [3.63, 3.8) is 0 Å². The Morgan fingerprint density at radius 1 is 1.24 bits per heavy atom. The maximum Gasteiger partial charge on any atom is 0.233 e. The summed E-state index contributed by atoms with van der Waals surface area (Å²) in [6.45, 7) is 3.97. The average Bonchev–Trinajstić information content (AvgIpc) is 2.50. The van der Waals surface area contributed by atoms with Crippen LogP contribution in [0, 0.1) is 5.82 Å². The minimum absolute atomic E-state index is 0.0872. The highest BCUT2D eigenvalue weighted by molar-refractivity contribution is 5.86. The number of carbonyl (C=O) groups excluding carboxylic acids is 1. The van der Waals surface area contributed by atoms with E-state index in [4.69, 9.17) is 0 Å². The van der Waals surface area contributed by atoms with Gasteiger partial charge in [0.2, 0.25) is 5.91 Å². The molecule has 0 aliphatic rings. The van der Waals surface area contributed by atoms with Gasteiger partial charge in [0.05, 0.1) is 5.69 Å². The van der Waals surface area contributed by atoms with E-state index >= 15 is 0 Å². The summed E-state index contributed by atoms with van der Waals surface area (Å²) in [6, 6.07) is 11.5. The molecule has 1 amide bonds. The lowest BCUT2D eigenvalue weighted by Gasteiger charge is -2.19. The Labute approximate surface area is 124 Å². The van der Waals surface area contributed by atoms with Crippen LogP contribution in [0.15, 0.2) is 48.7 Å². The van der Waals surface area contributed by atoms with Crippen LogP contribution < -0.4 is 5.32 Å². The number of benzene rings is 1. The summed E-state index contributed by atoms with van der Waals surface area (Å²) in [5, 5.41) is 2.97. The molecule has 21 heavy (non-hydrogen) atoms. The zero-order valence-corrected chi connectivity index (χ0v) is 12.2. The van der Waals surface area contributed by atoms with Gasteiger partial charge in [-0.2, -0.15) is 0 Å². The number of aromatic nitrogens is 1. The average molecular weight is 286 g/mol. The first-order valence-corrected chi connectivity index (χ1v) is 7.08. The van der Waals surface area contributed by atoms with E-state index in [0.717, 1.165) is 12.0 Å². The Morgan fingerprint density at radius 2 is 1.95 bits per heavy atom. The summed E-state index contributed by atoms with van der Waals surface area (Å²) in [6.07, 6.45) is 2.51. The van der Waals surface area contributed by atoms with Crippen molar-refractivity contribution in [2.75, 3.05) is 0 Å². The number of carbonyl (C=O) groups is 1. The number of pyridine rings is 1. The molecule has 0 saturated heterocycles. The molecule has 2 atom stereocenters. The van der Waals surface area contributed by atoms with Crippen LogP contribution in [0.25, 0.3) is 0 Å². The van der Waals surface area contributed by atoms with Gasteiger partial charge < -0.3 is 5.32 Å². The maximum atomic E-state index is 13.1. The van der Waals surface area contributed by atoms with Gasteiger partial charge in [-0.15, -0.1) is 0 Å². The Hall–Kier alpha value is -2.23. The van der Waals surface area contributed by atoms with Crippen LogP contribution in [0.1, 0.15) is 37.4 Å². The van der Waals surface area contributed by atoms with Crippen LogP contribution in [0.5, 0.6) is 0 Å². The van der Waals surface area contributed by atoms with Crippen LogP contribution in [0.3, 0.4) is 0 Å². The fourth-order valence-corrected chi connectivity index (χ4v) is 2.09. The third-order valence-electron chi connectivity index (χ3n) is 3.45. The fraction of sp³-hybridized carbons (Fsp3) is 0.294. The number of halogens is 1. The van der Waals surface area contributed by atoms with Crippen LogP contribution in [0.2, 0.25) is 0 Å². The van der Waals surface area contributed by atoms with Crippen LogP contribution in [0.4, 0.5) is 4.39 Å². The second kappa shape index (κ2) is 6.97. The topological polar surface area (TPSA) is 42.0 Å². The van der Waals surface area contributed by atoms with Gasteiger partial charge in [-0.3, -0.25) is 9.78 Å². The molecule has 1 heterocycles. The first-order chi connectivity index (χ1) is 10.1. The minimum Gasteiger partial charge on any atom is -0.353 e. The lowest BCUT2D eigenvalue weighted by molar-refractivity contribution is -0.122. The molecular weight excluding hydrogens is 267 g/mol. The summed E-state index contributed by atoms with van der Waals surface area (Å²) >= 11 is 0. The predicted molar refractivity (Wildman–Crippen MR) is 80.4 cm³/mol. The molecule has 4 heteroatoms. The largest absolute Gasteiger partial charge is 0.353 e. The Morgan fingerprint density at radius 3 is 2.52 bits per heavy atom. The highest BCUT2D eigenvalue weighted by atomic mass is 19.1. The van der Waals surface area contributed by atoms with E-state index in [0.29, 0.717) is 5.69 Å². The molecule has 0 radical (unpaired) electrons. The zero-order chi connectivity index (χ0) is 15.2. The van der Waals surface area contributed by atoms with E-state index in [1.807, 2.05) is 26.0 Å². The van der Waals surface area contributed by atoms with Crippen molar-refractivity contribution < 1.29 is 9.18 Å². The number of hydrogen-bond donors (Lipinski definition) is 1. The molecular formula is C17H19FN2O. The third-order valence-corrected chi connectivity index (χ3v) is 3.45. The normalized spacial score (nSPS) is 13.5. The van der Waals surface area contributed by atoms with Crippen molar-refractivity contribution >= 4 is 5.91 Å². The molecule has 3 nitrogen and oxygen atoms in total. The molecule has 1 N–H and O–H groups in total. The van der Waals surface area contributed by atoms with Crippen molar-refractivity contribution in [1.82, 2.24) is 10.3 Å². The number of rotatable bonds is 5. The Balaban J connectivity index is 2.35. The molecule has 0 bridgehead atoms. The Bertz CT molecular complexity index is 583. The SMILES string of the molecule is CCC(C)NC(=O)C(c1ccc(F)cc1)c1ccccn1. The van der Waals surface area contributed by atoms with Crippen molar-refractivity contribution in [1.29, 1.82) is 0 Å². The van der Waals surface area contributed by atoms with Gasteiger partial charge >= 0.3 is 0 Å². The first-order valence-electron chi connectivity index (χ1n) is 7.08. The van der Waals surface area contributed by atoms with Crippen LogP contribution in [-0.2, 0) is 4.79 Å². The maximum absolute atomic E-state index is 13.1. The molecule has 110 valence electrons. The van der Waals surface area contributed by atoms with Crippen molar-refractivity contribution in [3.05, 3.63) is 65.7 Å². The second-order valence-corrected chi connectivity index (χ2v) is 5.06. The summed E-state index contributed by atoms with van der Waals surface area (Å²) in [5.41, 5.74) is 1.39. The van der Waals surface area contributed by atoms with Crippen molar-refractivity contribution in [2.45, 2.75) is 32.2 Å². The minimum atomic E-state index is -0.527. The lowest BCUT2D eigenvalue weighted by Crippen LogP contribution is -2.36. The Kier molecular flexibility index (Phi) is 5.04. The summed E-state index contributed by atoms with van der Waals surface area (Å²) in [5.74, 6) is -0.962. The van der Waals surface area contributed by atoms with Crippen molar-refractivity contribution in [3.8, 4) is 0 Å². The number of hydrogen-bond acceptors (Lipinski definition) is 2. The second-order valence-electron chi connectivity index (χ2n) is 5.06. The van der Waals surface area contributed by atoms with Gasteiger partial charge in [0, 0.05) is 12.2 Å². The summed E-state index contributed by atoms with van der Waals surface area (Å²) < 4.78 is 13.1. The molecule has 0 spiro atoms. The molecule has 0 aliphatic carbocycles. The van der Waals surface area contributed by atoms with Gasteiger partial charge in [0.25, 0.3) is 0 Å². The fourth-order valence-electron chi connectivity index (χ4n) is 2.09. The third kappa shape index (κ3) is 3.88. The van der Waals surface area contributed by atoms with Crippen LogP contribution in [-0.4, -0.2) is 16.9 Å². The smallest absolute Gasteiger partial charge is 0.233 e. The van der Waals surface area contributed by atoms with E-state index < -0.39 is 5.92 Å². The van der Waals surface area contributed by atoms with E-state index in [2.05, 4.69) is 10.3 Å². The molecule has 2 unspecified atom stereocenters. The predicted octanol–water partition coefficient (Wildman–Crippen LogP) is 3.27. The summed E-state index contributed by atoms with van der Waals surface area (Å²) in [7, 11) is 0. The number of amides is 1. The van der Waals surface area contributed by atoms with Gasteiger partial charge in [0.15, 0.2) is 0 Å². The van der Waals surface area contributed by atoms with Crippen LogP contribution >= 0.6 is 0 Å². The molecule has 0 fully saturated rings. The monoisotopic (exact) mass is 286 g/mol. The van der Waals surface area contributed by atoms with E-state index in [9.17, 15) is 9.18 Å². The molecule has 0 saturated carbocycles. The van der Waals surface area contributed by atoms with E-state index in [1.54, 1.807) is 24.4 Å². The molecule has 0 aliphatic heterocycles. The summed E-state index contributed by atoms with van der Waals surface area (Å²) in [4.78, 5) is 16.8. The van der Waals surface area contributed by atoms with Crippen molar-refractivity contribution in [2.24, 2.45) is 0 Å². The highest BCUT2D eigenvalue weighted by Crippen LogP contribution is 2.23. The zero-order valence-electron chi connectivity index (χ0n) is 12.2. The van der Waals surface area contributed by atoms with Gasteiger partial charge in [0.1, 0.15) is 11.7 Å². The van der Waals surface area contributed by atoms with Gasteiger partial charge in [-0.1, -0.05) is 25.1 Å². The van der Waals surface area contributed by atoms with Gasteiger partial charge in [-0.25, -0.2) is 4.39 Å². The number of nitrogens with one attached hydrogen (secondary N) is 1. The molecule has 1 aromatic heterocycles.